The molecule has 1 saturated heterocycles. The third-order valence-corrected chi connectivity index (χ3v) is 3.76. The standard InChI is InChI=1S/C10H17NO3/c1-14-8(13)10-3-2-9(4-10,7-12)5-11-6-10/h11-12H,2-7H2,1H3. The summed E-state index contributed by atoms with van der Waals surface area (Å²) >= 11 is 0. The van der Waals surface area contributed by atoms with Gasteiger partial charge in [-0.05, 0) is 19.3 Å². The molecule has 1 saturated carbocycles. The van der Waals surface area contributed by atoms with Crippen LogP contribution in [-0.4, -0.2) is 37.9 Å². The van der Waals surface area contributed by atoms with E-state index in [1.54, 1.807) is 0 Å². The van der Waals surface area contributed by atoms with Crippen molar-refractivity contribution in [2.24, 2.45) is 10.8 Å². The minimum atomic E-state index is -0.365. The van der Waals surface area contributed by atoms with Crippen LogP contribution in [0, 0.1) is 10.8 Å². The third-order valence-electron chi connectivity index (χ3n) is 3.76. The minimum Gasteiger partial charge on any atom is -0.469 e. The van der Waals surface area contributed by atoms with Crippen molar-refractivity contribution in [3.8, 4) is 0 Å². The lowest BCUT2D eigenvalue weighted by atomic mass is 9.76. The fourth-order valence-corrected chi connectivity index (χ4v) is 2.92. The van der Waals surface area contributed by atoms with Gasteiger partial charge in [-0.15, -0.1) is 0 Å². The van der Waals surface area contributed by atoms with Crippen LogP contribution < -0.4 is 5.32 Å². The van der Waals surface area contributed by atoms with Gasteiger partial charge in [-0.25, -0.2) is 0 Å². The molecule has 0 spiro atoms. The van der Waals surface area contributed by atoms with Crippen LogP contribution in [0.5, 0.6) is 0 Å². The number of carbonyl (C=O) groups excluding carboxylic acids is 1. The van der Waals surface area contributed by atoms with Gasteiger partial charge in [-0.3, -0.25) is 4.79 Å². The smallest absolute Gasteiger partial charge is 0.313 e. The zero-order valence-corrected chi connectivity index (χ0v) is 8.51. The summed E-state index contributed by atoms with van der Waals surface area (Å²) in [4.78, 5) is 11.7. The van der Waals surface area contributed by atoms with Crippen molar-refractivity contribution in [1.29, 1.82) is 0 Å². The van der Waals surface area contributed by atoms with E-state index in [0.717, 1.165) is 25.8 Å². The Hall–Kier alpha value is -0.610. The zero-order valence-electron chi connectivity index (χ0n) is 8.51. The molecule has 0 amide bonds. The van der Waals surface area contributed by atoms with Gasteiger partial charge < -0.3 is 15.2 Å². The van der Waals surface area contributed by atoms with Crippen molar-refractivity contribution in [3.63, 3.8) is 0 Å². The van der Waals surface area contributed by atoms with Crippen molar-refractivity contribution < 1.29 is 14.6 Å². The van der Waals surface area contributed by atoms with Crippen LogP contribution in [0.4, 0.5) is 0 Å². The minimum absolute atomic E-state index is 0.0769. The van der Waals surface area contributed by atoms with Crippen molar-refractivity contribution in [2.45, 2.75) is 19.3 Å². The molecular formula is C10H17NO3. The molecule has 2 unspecified atom stereocenters. The van der Waals surface area contributed by atoms with Crippen LogP contribution in [0.15, 0.2) is 0 Å². The molecule has 4 heteroatoms. The molecule has 1 aliphatic carbocycles. The molecule has 2 rings (SSSR count). The van der Waals surface area contributed by atoms with E-state index >= 15 is 0 Å². The van der Waals surface area contributed by atoms with E-state index in [1.165, 1.54) is 7.11 Å². The summed E-state index contributed by atoms with van der Waals surface area (Å²) < 4.78 is 4.84. The van der Waals surface area contributed by atoms with Gasteiger partial charge >= 0.3 is 5.97 Å². The van der Waals surface area contributed by atoms with Gasteiger partial charge in [-0.1, -0.05) is 0 Å². The Bertz CT molecular complexity index is 256. The van der Waals surface area contributed by atoms with Crippen LogP contribution in [-0.2, 0) is 9.53 Å². The van der Waals surface area contributed by atoms with Gasteiger partial charge in [0.15, 0.2) is 0 Å². The second-order valence-corrected chi connectivity index (χ2v) is 4.71. The van der Waals surface area contributed by atoms with Crippen molar-refractivity contribution in [3.05, 3.63) is 0 Å². The number of hydrogen-bond acceptors (Lipinski definition) is 4. The maximum atomic E-state index is 11.7. The van der Waals surface area contributed by atoms with Crippen LogP contribution in [0.3, 0.4) is 0 Å². The molecule has 0 aromatic heterocycles. The van der Waals surface area contributed by atoms with Gasteiger partial charge in [0, 0.05) is 25.1 Å². The quantitative estimate of drug-likeness (QED) is 0.610. The highest BCUT2D eigenvalue weighted by molar-refractivity contribution is 5.78. The summed E-state index contributed by atoms with van der Waals surface area (Å²) in [7, 11) is 1.44. The van der Waals surface area contributed by atoms with Gasteiger partial charge in [0.05, 0.1) is 12.5 Å². The Morgan fingerprint density at radius 1 is 1.50 bits per heavy atom. The summed E-state index contributed by atoms with van der Waals surface area (Å²) in [6.07, 6.45) is 2.54. The molecule has 2 aliphatic rings. The van der Waals surface area contributed by atoms with Gasteiger partial charge in [0.2, 0.25) is 0 Å². The third kappa shape index (κ3) is 1.25. The van der Waals surface area contributed by atoms with Crippen LogP contribution in [0.1, 0.15) is 19.3 Å². The number of hydrogen-bond donors (Lipinski definition) is 2. The number of carbonyl (C=O) groups is 1. The number of rotatable bonds is 2. The Morgan fingerprint density at radius 3 is 2.93 bits per heavy atom. The summed E-state index contributed by atoms with van der Waals surface area (Å²) in [6, 6.07) is 0. The molecule has 1 aliphatic heterocycles. The molecule has 14 heavy (non-hydrogen) atoms. The summed E-state index contributed by atoms with van der Waals surface area (Å²) in [5, 5.41) is 12.6. The fourth-order valence-electron chi connectivity index (χ4n) is 2.92. The SMILES string of the molecule is COC(=O)C12CCC(CO)(CNC1)C2. The Labute approximate surface area is 83.6 Å². The van der Waals surface area contributed by atoms with Crippen molar-refractivity contribution in [1.82, 2.24) is 5.32 Å². The highest BCUT2D eigenvalue weighted by atomic mass is 16.5. The predicted molar refractivity (Wildman–Crippen MR) is 50.7 cm³/mol. The molecule has 0 radical (unpaired) electrons. The first-order chi connectivity index (χ1) is 6.66. The largest absolute Gasteiger partial charge is 0.469 e. The lowest BCUT2D eigenvalue weighted by molar-refractivity contribution is -0.153. The van der Waals surface area contributed by atoms with Gasteiger partial charge in [0.25, 0.3) is 0 Å². The highest BCUT2D eigenvalue weighted by Gasteiger charge is 2.55. The Balaban J connectivity index is 2.20. The van der Waals surface area contributed by atoms with Crippen LogP contribution in [0.25, 0.3) is 0 Å². The topological polar surface area (TPSA) is 58.6 Å². The number of aliphatic hydroxyl groups is 1. The first-order valence-electron chi connectivity index (χ1n) is 5.06. The first kappa shape index (κ1) is 9.93. The molecular weight excluding hydrogens is 182 g/mol. The second-order valence-electron chi connectivity index (χ2n) is 4.71. The summed E-state index contributed by atoms with van der Waals surface area (Å²) in [5.74, 6) is -0.125. The molecule has 80 valence electrons. The molecule has 2 atom stereocenters. The average molecular weight is 199 g/mol. The fraction of sp³-hybridized carbons (Fsp3) is 0.900. The number of esters is 1. The maximum Gasteiger partial charge on any atom is 0.313 e. The lowest BCUT2D eigenvalue weighted by Crippen LogP contribution is -2.49. The zero-order chi connectivity index (χ0) is 10.2. The molecule has 2 fully saturated rings. The highest BCUT2D eigenvalue weighted by Crippen LogP contribution is 2.51. The summed E-state index contributed by atoms with van der Waals surface area (Å²) in [6.45, 7) is 1.68. The second kappa shape index (κ2) is 3.21. The number of aliphatic hydroxyl groups excluding tert-OH is 1. The Kier molecular flexibility index (Phi) is 2.27. The van der Waals surface area contributed by atoms with Gasteiger partial charge in [0.1, 0.15) is 0 Å². The number of fused-ring (bicyclic) bond motifs is 2. The molecule has 1 heterocycles. The molecule has 0 aromatic carbocycles. The number of ether oxygens (including phenoxy) is 1. The van der Waals surface area contributed by atoms with Crippen LogP contribution in [0.2, 0.25) is 0 Å². The monoisotopic (exact) mass is 199 g/mol. The molecule has 2 N–H and O–H groups in total. The average Bonchev–Trinajstić information content (AvgIpc) is 2.51. The van der Waals surface area contributed by atoms with Crippen molar-refractivity contribution in [2.75, 3.05) is 26.8 Å². The summed E-state index contributed by atoms with van der Waals surface area (Å²) in [5.41, 5.74) is -0.442. The van der Waals surface area contributed by atoms with Crippen molar-refractivity contribution >= 4 is 5.97 Å². The lowest BCUT2D eigenvalue weighted by Gasteiger charge is -2.37. The number of piperidine rings is 1. The number of methoxy groups -OCH3 is 1. The predicted octanol–water partition coefficient (Wildman–Crippen LogP) is -0.0884. The normalized spacial score (nSPS) is 41.0. The van der Waals surface area contributed by atoms with E-state index in [4.69, 9.17) is 4.74 Å². The first-order valence-corrected chi connectivity index (χ1v) is 5.06. The van der Waals surface area contributed by atoms with E-state index in [0.29, 0.717) is 6.54 Å². The van der Waals surface area contributed by atoms with Crippen LogP contribution >= 0.6 is 0 Å². The van der Waals surface area contributed by atoms with E-state index < -0.39 is 0 Å². The van der Waals surface area contributed by atoms with E-state index in [-0.39, 0.29) is 23.4 Å². The number of nitrogens with one attached hydrogen (secondary N) is 1. The van der Waals surface area contributed by atoms with Gasteiger partial charge in [-0.2, -0.15) is 0 Å². The molecule has 4 nitrogen and oxygen atoms in total. The molecule has 2 bridgehead atoms. The molecule has 0 aromatic rings. The Morgan fingerprint density at radius 2 is 2.29 bits per heavy atom. The maximum absolute atomic E-state index is 11.7. The van der Waals surface area contributed by atoms with E-state index in [9.17, 15) is 9.90 Å². The van der Waals surface area contributed by atoms with E-state index in [2.05, 4.69) is 5.32 Å². The van der Waals surface area contributed by atoms with E-state index in [1.807, 2.05) is 0 Å².